The van der Waals surface area contributed by atoms with E-state index in [1.54, 1.807) is 6.20 Å². The standard InChI is InChI=1S/C16H13FN2/c1-12-7-9-14(10-8-12)19-16(17)15(11-18-19)13-5-3-2-4-6-13/h2-11H,1H3. The minimum absolute atomic E-state index is 0.338. The zero-order valence-electron chi connectivity index (χ0n) is 10.5. The van der Waals surface area contributed by atoms with Gasteiger partial charge in [-0.3, -0.25) is 0 Å². The van der Waals surface area contributed by atoms with E-state index in [0.717, 1.165) is 16.8 Å². The van der Waals surface area contributed by atoms with Gasteiger partial charge in [0, 0.05) is 0 Å². The molecule has 3 rings (SSSR count). The van der Waals surface area contributed by atoms with Crippen LogP contribution in [-0.4, -0.2) is 9.78 Å². The van der Waals surface area contributed by atoms with Crippen LogP contribution in [-0.2, 0) is 0 Å². The Labute approximate surface area is 111 Å². The second-order valence-corrected chi connectivity index (χ2v) is 4.46. The molecule has 0 radical (unpaired) electrons. The molecule has 2 aromatic carbocycles. The van der Waals surface area contributed by atoms with Crippen LogP contribution in [0.5, 0.6) is 0 Å². The molecule has 1 aromatic heterocycles. The van der Waals surface area contributed by atoms with E-state index in [9.17, 15) is 4.39 Å². The van der Waals surface area contributed by atoms with Crippen molar-refractivity contribution in [3.63, 3.8) is 0 Å². The second-order valence-electron chi connectivity index (χ2n) is 4.46. The van der Waals surface area contributed by atoms with Gasteiger partial charge >= 0.3 is 0 Å². The molecule has 0 aliphatic heterocycles. The highest BCUT2D eigenvalue weighted by molar-refractivity contribution is 5.62. The average molecular weight is 252 g/mol. The number of benzene rings is 2. The van der Waals surface area contributed by atoms with E-state index in [2.05, 4.69) is 5.10 Å². The van der Waals surface area contributed by atoms with Crippen LogP contribution in [0.1, 0.15) is 5.56 Å². The van der Waals surface area contributed by atoms with Crippen molar-refractivity contribution < 1.29 is 4.39 Å². The van der Waals surface area contributed by atoms with Gasteiger partial charge in [-0.25, -0.2) is 4.68 Å². The Hall–Kier alpha value is -2.42. The molecular weight excluding hydrogens is 239 g/mol. The lowest BCUT2D eigenvalue weighted by Gasteiger charge is -2.03. The maximum atomic E-state index is 14.4. The van der Waals surface area contributed by atoms with E-state index in [4.69, 9.17) is 0 Å². The molecule has 3 heteroatoms. The number of aromatic nitrogens is 2. The van der Waals surface area contributed by atoms with Gasteiger partial charge in [0.15, 0.2) is 0 Å². The number of rotatable bonds is 2. The minimum atomic E-state index is -0.338. The summed E-state index contributed by atoms with van der Waals surface area (Å²) in [5.41, 5.74) is 3.21. The van der Waals surface area contributed by atoms with Crippen LogP contribution in [0.4, 0.5) is 4.39 Å². The van der Waals surface area contributed by atoms with E-state index in [1.807, 2.05) is 61.5 Å². The summed E-state index contributed by atoms with van der Waals surface area (Å²) in [6.45, 7) is 2.00. The van der Waals surface area contributed by atoms with E-state index < -0.39 is 0 Å². The zero-order chi connectivity index (χ0) is 13.2. The summed E-state index contributed by atoms with van der Waals surface area (Å²) >= 11 is 0. The number of hydrogen-bond donors (Lipinski definition) is 0. The summed E-state index contributed by atoms with van der Waals surface area (Å²) in [7, 11) is 0. The normalized spacial score (nSPS) is 10.6. The number of nitrogens with zero attached hydrogens (tertiary/aromatic N) is 2. The Morgan fingerprint density at radius 1 is 0.947 bits per heavy atom. The highest BCUT2D eigenvalue weighted by Gasteiger charge is 2.12. The Balaban J connectivity index is 2.06. The van der Waals surface area contributed by atoms with Gasteiger partial charge in [0.25, 0.3) is 0 Å². The molecule has 0 fully saturated rings. The third-order valence-electron chi connectivity index (χ3n) is 3.07. The van der Waals surface area contributed by atoms with E-state index >= 15 is 0 Å². The number of aryl methyl sites for hydroxylation is 1. The molecule has 0 aliphatic rings. The lowest BCUT2D eigenvalue weighted by atomic mass is 10.1. The Bertz CT molecular complexity index is 685. The third kappa shape index (κ3) is 2.15. The fourth-order valence-corrected chi connectivity index (χ4v) is 2.01. The first-order valence-electron chi connectivity index (χ1n) is 6.12. The van der Waals surface area contributed by atoms with Gasteiger partial charge in [0.1, 0.15) is 0 Å². The van der Waals surface area contributed by atoms with Crippen LogP contribution in [0.3, 0.4) is 0 Å². The molecule has 0 spiro atoms. The van der Waals surface area contributed by atoms with Crippen LogP contribution < -0.4 is 0 Å². The quantitative estimate of drug-likeness (QED) is 0.674. The predicted molar refractivity (Wildman–Crippen MR) is 73.7 cm³/mol. The highest BCUT2D eigenvalue weighted by atomic mass is 19.1. The van der Waals surface area contributed by atoms with Gasteiger partial charge in [-0.2, -0.15) is 9.49 Å². The molecule has 0 N–H and O–H groups in total. The van der Waals surface area contributed by atoms with Gasteiger partial charge < -0.3 is 0 Å². The number of halogens is 1. The minimum Gasteiger partial charge on any atom is -0.206 e. The van der Waals surface area contributed by atoms with E-state index in [1.165, 1.54) is 4.68 Å². The van der Waals surface area contributed by atoms with Crippen molar-refractivity contribution in [2.75, 3.05) is 0 Å². The predicted octanol–water partition coefficient (Wildman–Crippen LogP) is 3.99. The van der Waals surface area contributed by atoms with Gasteiger partial charge in [-0.1, -0.05) is 48.0 Å². The van der Waals surface area contributed by atoms with Crippen LogP contribution >= 0.6 is 0 Å². The molecule has 94 valence electrons. The third-order valence-corrected chi connectivity index (χ3v) is 3.07. The lowest BCUT2D eigenvalue weighted by Crippen LogP contribution is -1.99. The fourth-order valence-electron chi connectivity index (χ4n) is 2.01. The first-order chi connectivity index (χ1) is 9.25. The second kappa shape index (κ2) is 4.69. The molecule has 2 nitrogen and oxygen atoms in total. The van der Waals surface area contributed by atoms with Gasteiger partial charge in [-0.15, -0.1) is 0 Å². The largest absolute Gasteiger partial charge is 0.224 e. The van der Waals surface area contributed by atoms with Crippen LogP contribution in [0, 0.1) is 12.9 Å². The van der Waals surface area contributed by atoms with E-state index in [0.29, 0.717) is 5.56 Å². The molecular formula is C16H13FN2. The molecule has 0 unspecified atom stereocenters. The molecule has 0 saturated heterocycles. The molecule has 0 aliphatic carbocycles. The molecule has 1 heterocycles. The monoisotopic (exact) mass is 252 g/mol. The zero-order valence-corrected chi connectivity index (χ0v) is 10.5. The van der Waals surface area contributed by atoms with Crippen molar-refractivity contribution in [3.05, 3.63) is 72.3 Å². The first-order valence-corrected chi connectivity index (χ1v) is 6.12. The topological polar surface area (TPSA) is 17.8 Å². The Morgan fingerprint density at radius 3 is 2.32 bits per heavy atom. The van der Waals surface area contributed by atoms with Crippen molar-refractivity contribution in [3.8, 4) is 16.8 Å². The highest BCUT2D eigenvalue weighted by Crippen LogP contribution is 2.24. The first kappa shape index (κ1) is 11.7. The Morgan fingerprint density at radius 2 is 1.63 bits per heavy atom. The molecule has 3 aromatic rings. The average Bonchev–Trinajstić information content (AvgIpc) is 2.83. The van der Waals surface area contributed by atoms with Crippen molar-refractivity contribution in [2.24, 2.45) is 0 Å². The Kier molecular flexibility index (Phi) is 2.88. The molecule has 0 bridgehead atoms. The van der Waals surface area contributed by atoms with Crippen LogP contribution in [0.2, 0.25) is 0 Å². The summed E-state index contributed by atoms with van der Waals surface area (Å²) in [5.74, 6) is -0.338. The van der Waals surface area contributed by atoms with Crippen LogP contribution in [0.15, 0.2) is 60.8 Å². The van der Waals surface area contributed by atoms with Crippen molar-refractivity contribution >= 4 is 0 Å². The summed E-state index contributed by atoms with van der Waals surface area (Å²) < 4.78 is 15.7. The van der Waals surface area contributed by atoms with E-state index in [-0.39, 0.29) is 5.95 Å². The maximum Gasteiger partial charge on any atom is 0.224 e. The number of hydrogen-bond acceptors (Lipinski definition) is 1. The molecule has 0 saturated carbocycles. The van der Waals surface area contributed by atoms with Crippen molar-refractivity contribution in [1.82, 2.24) is 9.78 Å². The SMILES string of the molecule is Cc1ccc(-n2ncc(-c3ccccc3)c2F)cc1. The summed E-state index contributed by atoms with van der Waals surface area (Å²) in [5, 5.41) is 4.13. The van der Waals surface area contributed by atoms with Crippen LogP contribution in [0.25, 0.3) is 16.8 Å². The molecule has 0 atom stereocenters. The van der Waals surface area contributed by atoms with Crippen molar-refractivity contribution in [1.29, 1.82) is 0 Å². The fraction of sp³-hybridized carbons (Fsp3) is 0.0625. The summed E-state index contributed by atoms with van der Waals surface area (Å²) in [6.07, 6.45) is 1.56. The smallest absolute Gasteiger partial charge is 0.206 e. The lowest BCUT2D eigenvalue weighted by molar-refractivity contribution is 0.539. The molecule has 19 heavy (non-hydrogen) atoms. The summed E-state index contributed by atoms with van der Waals surface area (Å²) in [4.78, 5) is 0. The van der Waals surface area contributed by atoms with Gasteiger partial charge in [0.2, 0.25) is 5.95 Å². The van der Waals surface area contributed by atoms with Gasteiger partial charge in [-0.05, 0) is 24.6 Å². The van der Waals surface area contributed by atoms with Gasteiger partial charge in [0.05, 0.1) is 17.4 Å². The summed E-state index contributed by atoms with van der Waals surface area (Å²) in [6, 6.07) is 17.0. The molecule has 0 amide bonds. The van der Waals surface area contributed by atoms with Crippen molar-refractivity contribution in [2.45, 2.75) is 6.92 Å². The maximum absolute atomic E-state index is 14.4.